The number of fused-ring (bicyclic) bond motifs is 1. The van der Waals surface area contributed by atoms with Gasteiger partial charge in [-0.2, -0.15) is 0 Å². The van der Waals surface area contributed by atoms with Crippen molar-refractivity contribution in [3.05, 3.63) is 52.6 Å². The van der Waals surface area contributed by atoms with Gasteiger partial charge in [0.15, 0.2) is 11.5 Å². The van der Waals surface area contributed by atoms with Gasteiger partial charge in [-0.05, 0) is 18.2 Å². The second-order valence-corrected chi connectivity index (χ2v) is 3.54. The van der Waals surface area contributed by atoms with E-state index in [1.54, 1.807) is 6.07 Å². The molecule has 0 amide bonds. The van der Waals surface area contributed by atoms with E-state index >= 15 is 0 Å². The number of furan rings is 2. The lowest BCUT2D eigenvalue weighted by molar-refractivity contribution is -0.401. The minimum absolute atomic E-state index is 0.291. The highest BCUT2D eigenvalue weighted by Gasteiger charge is 2.15. The van der Waals surface area contributed by atoms with E-state index in [0.717, 1.165) is 11.0 Å². The lowest BCUT2D eigenvalue weighted by Gasteiger charge is -1.87. The van der Waals surface area contributed by atoms with Crippen LogP contribution in [0.3, 0.4) is 0 Å². The highest BCUT2D eigenvalue weighted by Crippen LogP contribution is 2.30. The topological polar surface area (TPSA) is 69.4 Å². The first-order valence-corrected chi connectivity index (χ1v) is 4.97. The van der Waals surface area contributed by atoms with E-state index in [1.165, 1.54) is 12.1 Å². The van der Waals surface area contributed by atoms with Gasteiger partial charge in [-0.15, -0.1) is 0 Å². The maximum absolute atomic E-state index is 10.5. The Kier molecular flexibility index (Phi) is 1.98. The number of benzene rings is 1. The number of para-hydroxylation sites is 1. The van der Waals surface area contributed by atoms with Crippen LogP contribution in [0.25, 0.3) is 22.5 Å². The van der Waals surface area contributed by atoms with Crippen LogP contribution in [-0.2, 0) is 0 Å². The molecule has 0 aliphatic rings. The third-order valence-corrected chi connectivity index (χ3v) is 2.44. The van der Waals surface area contributed by atoms with Crippen molar-refractivity contribution in [2.45, 2.75) is 0 Å². The molecule has 0 aliphatic carbocycles. The van der Waals surface area contributed by atoms with Gasteiger partial charge in [0.2, 0.25) is 0 Å². The van der Waals surface area contributed by atoms with Crippen molar-refractivity contribution in [3.63, 3.8) is 0 Å². The summed E-state index contributed by atoms with van der Waals surface area (Å²) >= 11 is 0. The summed E-state index contributed by atoms with van der Waals surface area (Å²) in [5, 5.41) is 11.4. The monoisotopic (exact) mass is 229 g/mol. The molecular formula is C12H7NO4. The predicted molar refractivity (Wildman–Crippen MR) is 60.6 cm³/mol. The summed E-state index contributed by atoms with van der Waals surface area (Å²) in [7, 11) is 0. The fourth-order valence-electron chi connectivity index (χ4n) is 1.66. The first-order chi connectivity index (χ1) is 8.24. The van der Waals surface area contributed by atoms with Crippen molar-refractivity contribution >= 4 is 16.9 Å². The summed E-state index contributed by atoms with van der Waals surface area (Å²) in [5.41, 5.74) is 0.724. The first kappa shape index (κ1) is 9.65. The molecule has 0 spiro atoms. The molecule has 2 aromatic heterocycles. The van der Waals surface area contributed by atoms with Crippen LogP contribution >= 0.6 is 0 Å². The SMILES string of the molecule is O=[N+]([O-])c1ccc(-c2cc3ccccc3o2)o1. The third kappa shape index (κ3) is 1.57. The maximum Gasteiger partial charge on any atom is 0.433 e. The zero-order valence-corrected chi connectivity index (χ0v) is 8.62. The minimum atomic E-state index is -0.577. The smallest absolute Gasteiger partial charge is 0.433 e. The summed E-state index contributed by atoms with van der Waals surface area (Å²) in [6.45, 7) is 0. The first-order valence-electron chi connectivity index (χ1n) is 4.97. The summed E-state index contributed by atoms with van der Waals surface area (Å²) < 4.78 is 10.6. The molecule has 0 atom stereocenters. The summed E-state index contributed by atoms with van der Waals surface area (Å²) in [5.74, 6) is 0.549. The van der Waals surface area contributed by atoms with Gasteiger partial charge in [0.05, 0.1) is 6.07 Å². The zero-order valence-electron chi connectivity index (χ0n) is 8.62. The van der Waals surface area contributed by atoms with Gasteiger partial charge >= 0.3 is 5.88 Å². The van der Waals surface area contributed by atoms with Crippen LogP contribution < -0.4 is 0 Å². The Labute approximate surface area is 95.4 Å². The Hall–Kier alpha value is -2.56. The van der Waals surface area contributed by atoms with Crippen LogP contribution in [0.5, 0.6) is 0 Å². The summed E-state index contributed by atoms with van der Waals surface area (Å²) in [6, 6.07) is 12.1. The standard InChI is InChI=1S/C12H7NO4/c14-13(15)12-6-5-10(17-12)11-7-8-3-1-2-4-9(8)16-11/h1-7H. The molecule has 0 unspecified atom stereocenters. The van der Waals surface area contributed by atoms with Gasteiger partial charge in [-0.3, -0.25) is 10.1 Å². The van der Waals surface area contributed by atoms with Crippen LogP contribution in [-0.4, -0.2) is 4.92 Å². The Bertz CT molecular complexity index is 662. The quantitative estimate of drug-likeness (QED) is 0.497. The van der Waals surface area contributed by atoms with E-state index in [-0.39, 0.29) is 5.88 Å². The van der Waals surface area contributed by atoms with Gasteiger partial charge in [-0.1, -0.05) is 18.2 Å². The molecule has 0 saturated heterocycles. The molecule has 3 aromatic rings. The second kappa shape index (κ2) is 3.48. The van der Waals surface area contributed by atoms with Gasteiger partial charge < -0.3 is 8.83 Å². The van der Waals surface area contributed by atoms with E-state index in [4.69, 9.17) is 8.83 Å². The summed E-state index contributed by atoms with van der Waals surface area (Å²) in [6.07, 6.45) is 0. The average Bonchev–Trinajstić information content (AvgIpc) is 2.95. The maximum atomic E-state index is 10.5. The molecular weight excluding hydrogens is 222 g/mol. The van der Waals surface area contributed by atoms with Crippen LogP contribution in [0.4, 0.5) is 5.88 Å². The van der Waals surface area contributed by atoms with E-state index in [1.807, 2.05) is 24.3 Å². The van der Waals surface area contributed by atoms with Gasteiger partial charge in [0.25, 0.3) is 0 Å². The molecule has 0 bridgehead atoms. The molecule has 1 aromatic carbocycles. The fourth-order valence-corrected chi connectivity index (χ4v) is 1.66. The van der Waals surface area contributed by atoms with Crippen molar-refractivity contribution in [2.75, 3.05) is 0 Å². The lowest BCUT2D eigenvalue weighted by Crippen LogP contribution is -1.82. The number of nitrogens with zero attached hydrogens (tertiary/aromatic N) is 1. The molecule has 0 fully saturated rings. The molecule has 5 nitrogen and oxygen atoms in total. The fraction of sp³-hybridized carbons (Fsp3) is 0. The Balaban J connectivity index is 2.10. The number of hydrogen-bond acceptors (Lipinski definition) is 4. The Morgan fingerprint density at radius 3 is 2.53 bits per heavy atom. The minimum Gasteiger partial charge on any atom is -0.453 e. The number of nitro groups is 1. The van der Waals surface area contributed by atoms with Crippen molar-refractivity contribution in [2.24, 2.45) is 0 Å². The Morgan fingerprint density at radius 1 is 1.00 bits per heavy atom. The predicted octanol–water partition coefficient (Wildman–Crippen LogP) is 3.60. The molecule has 0 saturated carbocycles. The van der Waals surface area contributed by atoms with E-state index in [0.29, 0.717) is 11.5 Å². The Morgan fingerprint density at radius 2 is 1.82 bits per heavy atom. The molecule has 3 rings (SSSR count). The van der Waals surface area contributed by atoms with E-state index in [2.05, 4.69) is 0 Å². The normalized spacial score (nSPS) is 10.8. The molecule has 5 heteroatoms. The van der Waals surface area contributed by atoms with Gasteiger partial charge in [-0.25, -0.2) is 0 Å². The second-order valence-electron chi connectivity index (χ2n) is 3.54. The number of rotatable bonds is 2. The highest BCUT2D eigenvalue weighted by atomic mass is 16.6. The van der Waals surface area contributed by atoms with Crippen molar-refractivity contribution < 1.29 is 13.8 Å². The molecule has 0 radical (unpaired) electrons. The van der Waals surface area contributed by atoms with E-state index < -0.39 is 4.92 Å². The summed E-state index contributed by atoms with van der Waals surface area (Å²) in [4.78, 5) is 9.92. The van der Waals surface area contributed by atoms with Crippen LogP contribution in [0, 0.1) is 10.1 Å². The zero-order chi connectivity index (χ0) is 11.8. The van der Waals surface area contributed by atoms with Crippen LogP contribution in [0.2, 0.25) is 0 Å². The molecule has 0 aliphatic heterocycles. The van der Waals surface area contributed by atoms with Crippen molar-refractivity contribution in [1.29, 1.82) is 0 Å². The molecule has 2 heterocycles. The van der Waals surface area contributed by atoms with Crippen LogP contribution in [0.15, 0.2) is 51.3 Å². The lowest BCUT2D eigenvalue weighted by atomic mass is 10.2. The third-order valence-electron chi connectivity index (χ3n) is 2.44. The largest absolute Gasteiger partial charge is 0.453 e. The molecule has 0 N–H and O–H groups in total. The van der Waals surface area contributed by atoms with Crippen molar-refractivity contribution in [3.8, 4) is 11.5 Å². The average molecular weight is 229 g/mol. The van der Waals surface area contributed by atoms with Gasteiger partial charge in [0.1, 0.15) is 10.5 Å². The molecule has 84 valence electrons. The molecule has 17 heavy (non-hydrogen) atoms. The van der Waals surface area contributed by atoms with Gasteiger partial charge in [0, 0.05) is 5.39 Å². The van der Waals surface area contributed by atoms with Crippen LogP contribution in [0.1, 0.15) is 0 Å². The van der Waals surface area contributed by atoms with E-state index in [9.17, 15) is 10.1 Å². The number of hydrogen-bond donors (Lipinski definition) is 0. The highest BCUT2D eigenvalue weighted by molar-refractivity contribution is 5.81. The van der Waals surface area contributed by atoms with Crippen molar-refractivity contribution in [1.82, 2.24) is 0 Å².